The molecule has 0 aromatic carbocycles. The van der Waals surface area contributed by atoms with Gasteiger partial charge in [0.2, 0.25) is 0 Å². The van der Waals surface area contributed by atoms with Gasteiger partial charge in [0, 0.05) is 78.9 Å². The fourth-order valence-electron chi connectivity index (χ4n) is 0. The van der Waals surface area contributed by atoms with Crippen molar-refractivity contribution in [3.63, 3.8) is 0 Å². The third-order valence-electron chi connectivity index (χ3n) is 0. The van der Waals surface area contributed by atoms with E-state index in [1.165, 1.54) is 0 Å². The van der Waals surface area contributed by atoms with Gasteiger partial charge >= 0.3 is 76.0 Å². The second kappa shape index (κ2) is 43.7. The van der Waals surface area contributed by atoms with Crippen LogP contribution in [0, 0.1) is 0 Å². The Morgan fingerprint density at radius 1 is 0.714 bits per heavy atom. The summed E-state index contributed by atoms with van der Waals surface area (Å²) in [7, 11) is 0. The Morgan fingerprint density at radius 3 is 0.714 bits per heavy atom. The van der Waals surface area contributed by atoms with Crippen molar-refractivity contribution in [1.82, 2.24) is 0 Å². The van der Waals surface area contributed by atoms with Crippen LogP contribution < -0.4 is 0 Å². The molecule has 0 nitrogen and oxygen atoms in total. The van der Waals surface area contributed by atoms with Gasteiger partial charge < -0.3 is 0 Å². The van der Waals surface area contributed by atoms with Crippen LogP contribution in [0.15, 0.2) is 0 Å². The summed E-state index contributed by atoms with van der Waals surface area (Å²) in [6, 6.07) is 0. The van der Waals surface area contributed by atoms with E-state index in [1.807, 2.05) is 0 Å². The fraction of sp³-hybridized carbons (Fsp3) is 0. The Morgan fingerprint density at radius 2 is 0.714 bits per heavy atom. The van der Waals surface area contributed by atoms with Crippen molar-refractivity contribution in [2.75, 3.05) is 0 Å². The van der Waals surface area contributed by atoms with Gasteiger partial charge in [-0.3, -0.25) is 0 Å². The molecule has 0 N–H and O–H groups in total. The molecule has 0 atom stereocenters. The van der Waals surface area contributed by atoms with Crippen LogP contribution in [-0.4, -0.2) is 76.0 Å². The van der Waals surface area contributed by atoms with E-state index in [2.05, 4.69) is 0 Å². The predicted molar refractivity (Wildman–Crippen MR) is 28.4 cm³/mol. The van der Waals surface area contributed by atoms with Crippen LogP contribution in [0.5, 0.6) is 0 Å². The number of hydrogen-bond donors (Lipinski definition) is 0. The summed E-state index contributed by atoms with van der Waals surface area (Å²) in [6.45, 7) is 0. The molecule has 0 aromatic heterocycles. The summed E-state index contributed by atoms with van der Waals surface area (Å²) >= 11 is 0. The number of hydrogen-bond acceptors (Lipinski definition) is 0. The van der Waals surface area contributed by atoms with Gasteiger partial charge in [-0.05, 0) is 0 Å². The second-order valence-electron chi connectivity index (χ2n) is 0. The molecule has 0 rings (SSSR count). The van der Waals surface area contributed by atoms with E-state index in [-0.39, 0.29) is 155 Å². The molecule has 0 amide bonds. The molecule has 0 heterocycles. The average Bonchev–Trinajstić information content (AvgIpc) is 0. The van der Waals surface area contributed by atoms with Crippen LogP contribution >= 0.6 is 0 Å². The zero-order chi connectivity index (χ0) is 0. The first kappa shape index (κ1) is 57.5. The second-order valence-corrected chi connectivity index (χ2v) is 0. The van der Waals surface area contributed by atoms with Gasteiger partial charge in [-0.25, -0.2) is 0 Å². The molecule has 6 radical (unpaired) electrons. The Hall–Kier alpha value is 5.07. The molecule has 7 heteroatoms. The predicted octanol–water partition coefficient (Wildman–Crippen LogP) is -3.29. The van der Waals surface area contributed by atoms with Gasteiger partial charge in [-0.2, -0.15) is 0 Å². The zero-order valence-corrected chi connectivity index (χ0v) is 17.0. The van der Waals surface area contributed by atoms with Crippen LogP contribution in [0.4, 0.5) is 0 Å². The van der Waals surface area contributed by atoms with E-state index in [1.54, 1.807) is 0 Å². The Labute approximate surface area is 151 Å². The van der Waals surface area contributed by atoms with Gasteiger partial charge in [0.05, 0.1) is 0 Å². The standard InChI is InChI=1S/2Ag.Bi.2Cu.In.Sn.8H. The zero-order valence-electron chi connectivity index (χ0n) is 2.62. The first-order valence-electron chi connectivity index (χ1n) is 0. The third-order valence-corrected chi connectivity index (χ3v) is 0. The van der Waals surface area contributed by atoms with E-state index < -0.39 is 0 Å². The molecule has 0 saturated carbocycles. The van der Waals surface area contributed by atoms with Gasteiger partial charge in [-0.15, -0.1) is 0 Å². The van der Waals surface area contributed by atoms with Gasteiger partial charge in [0.25, 0.3) is 0 Å². The Kier molecular flexibility index (Phi) is 359. The first-order valence-corrected chi connectivity index (χ1v) is 0. The topological polar surface area (TPSA) is 0 Å². The molecule has 64 valence electrons. The SMILES string of the molecule is [Ag].[Ag].[BiH3].[Cu].[Cu].[InH3].[SnH2]. The Bertz CT molecular complexity index is 15.7. The van der Waals surface area contributed by atoms with E-state index in [4.69, 9.17) is 0 Å². The van der Waals surface area contributed by atoms with Crippen LogP contribution in [-0.2, 0) is 78.9 Å². The van der Waals surface area contributed by atoms with Crippen molar-refractivity contribution in [1.29, 1.82) is 0 Å². The minimum atomic E-state index is 0. The first-order chi connectivity index (χ1) is 0. The van der Waals surface area contributed by atoms with E-state index in [0.29, 0.717) is 0 Å². The van der Waals surface area contributed by atoms with E-state index >= 15 is 0 Å². The number of rotatable bonds is 0. The van der Waals surface area contributed by atoms with Crippen LogP contribution in [0.2, 0.25) is 0 Å². The molecule has 0 aliphatic rings. The minimum absolute atomic E-state index is 0. The third kappa shape index (κ3) is 35.4. The van der Waals surface area contributed by atoms with Gasteiger partial charge in [0.1, 0.15) is 0 Å². The molecule has 0 fully saturated rings. The van der Waals surface area contributed by atoms with Crippen molar-refractivity contribution in [3.05, 3.63) is 0 Å². The molecule has 0 aliphatic heterocycles. The summed E-state index contributed by atoms with van der Waals surface area (Å²) < 4.78 is 0. The molecule has 0 unspecified atom stereocenters. The van der Waals surface area contributed by atoms with E-state index in [9.17, 15) is 0 Å². The molecular formula is H8Ag2BiCu2InSn. The quantitative estimate of drug-likeness (QED) is 0.226. The average molecular weight is 793 g/mol. The molecule has 0 bridgehead atoms. The van der Waals surface area contributed by atoms with Crippen molar-refractivity contribution >= 4 is 76.0 Å². The molecule has 0 aromatic rings. The van der Waals surface area contributed by atoms with Crippen molar-refractivity contribution < 1.29 is 78.9 Å². The summed E-state index contributed by atoms with van der Waals surface area (Å²) in [5, 5.41) is 0. The molecule has 0 aliphatic carbocycles. The molecular weight excluding hydrogens is 785 g/mol. The Balaban J connectivity index is 0. The van der Waals surface area contributed by atoms with Gasteiger partial charge in [0.15, 0.2) is 0 Å². The maximum atomic E-state index is 0. The van der Waals surface area contributed by atoms with Crippen LogP contribution in [0.1, 0.15) is 0 Å². The van der Waals surface area contributed by atoms with Crippen molar-refractivity contribution in [2.45, 2.75) is 0 Å². The van der Waals surface area contributed by atoms with E-state index in [0.717, 1.165) is 0 Å². The monoisotopic (exact) mass is 792 g/mol. The summed E-state index contributed by atoms with van der Waals surface area (Å²) in [6.07, 6.45) is 0. The molecule has 0 saturated heterocycles. The summed E-state index contributed by atoms with van der Waals surface area (Å²) in [5.41, 5.74) is 0. The summed E-state index contributed by atoms with van der Waals surface area (Å²) in [4.78, 5) is 0. The molecule has 7 heavy (non-hydrogen) atoms. The van der Waals surface area contributed by atoms with Crippen molar-refractivity contribution in [3.8, 4) is 0 Å². The van der Waals surface area contributed by atoms with Gasteiger partial charge in [-0.1, -0.05) is 0 Å². The van der Waals surface area contributed by atoms with Crippen LogP contribution in [0.25, 0.3) is 0 Å². The maximum absolute atomic E-state index is 0. The molecule has 0 spiro atoms. The fourth-order valence-corrected chi connectivity index (χ4v) is 0. The summed E-state index contributed by atoms with van der Waals surface area (Å²) in [5.74, 6) is 0. The van der Waals surface area contributed by atoms with Crippen LogP contribution in [0.3, 0.4) is 0 Å². The normalized spacial score (nSPS) is 0. The van der Waals surface area contributed by atoms with Crippen molar-refractivity contribution in [2.24, 2.45) is 0 Å².